The van der Waals surface area contributed by atoms with Crippen molar-refractivity contribution in [3.05, 3.63) is 30.1 Å². The normalized spacial score (nSPS) is 22.2. The summed E-state index contributed by atoms with van der Waals surface area (Å²) in [5, 5.41) is 0. The Morgan fingerprint density at radius 3 is 2.75 bits per heavy atom. The van der Waals surface area contributed by atoms with Crippen molar-refractivity contribution in [3.63, 3.8) is 0 Å². The van der Waals surface area contributed by atoms with E-state index in [0.717, 1.165) is 0 Å². The zero-order valence-corrected chi connectivity index (χ0v) is 11.3. The Morgan fingerprint density at radius 1 is 1.40 bits per heavy atom. The van der Waals surface area contributed by atoms with Crippen molar-refractivity contribution in [3.8, 4) is 5.75 Å². The smallest absolute Gasteiger partial charge is 0.311 e. The number of benzene rings is 1. The molecule has 2 atom stereocenters. The summed E-state index contributed by atoms with van der Waals surface area (Å²) in [6, 6.07) is 5.28. The number of hydrogen-bond acceptors (Lipinski definition) is 4. The quantitative estimate of drug-likeness (QED) is 0.628. The highest BCUT2D eigenvalue weighted by molar-refractivity contribution is 5.75. The standard InChI is InChI=1S/C15H17FO4/c1-2-11-7-10(9-19-15(11)18)8-14(17)20-13-5-3-12(16)4-6-13/h3-6,10-11H,2,7-9H2,1H3/t10-,11+/m0/s1. The van der Waals surface area contributed by atoms with Gasteiger partial charge in [-0.2, -0.15) is 0 Å². The molecule has 1 aliphatic heterocycles. The van der Waals surface area contributed by atoms with E-state index >= 15 is 0 Å². The molecule has 0 saturated carbocycles. The highest BCUT2D eigenvalue weighted by atomic mass is 19.1. The number of carbonyl (C=O) groups excluding carboxylic acids is 2. The zero-order valence-electron chi connectivity index (χ0n) is 11.3. The van der Waals surface area contributed by atoms with Gasteiger partial charge in [0.15, 0.2) is 0 Å². The average Bonchev–Trinajstić information content (AvgIpc) is 2.43. The Labute approximate surface area is 116 Å². The Kier molecular flexibility index (Phi) is 4.71. The van der Waals surface area contributed by atoms with E-state index in [1.165, 1.54) is 24.3 Å². The summed E-state index contributed by atoms with van der Waals surface area (Å²) in [5.41, 5.74) is 0. The fourth-order valence-corrected chi connectivity index (χ4v) is 2.27. The van der Waals surface area contributed by atoms with Crippen molar-refractivity contribution in [2.24, 2.45) is 11.8 Å². The van der Waals surface area contributed by atoms with Gasteiger partial charge in [-0.3, -0.25) is 9.59 Å². The third-order valence-electron chi connectivity index (χ3n) is 3.41. The first-order chi connectivity index (χ1) is 9.58. The average molecular weight is 280 g/mol. The van der Waals surface area contributed by atoms with Crippen LogP contribution in [0, 0.1) is 17.7 Å². The first-order valence-electron chi connectivity index (χ1n) is 6.71. The Bertz CT molecular complexity index is 483. The van der Waals surface area contributed by atoms with Gasteiger partial charge in [0.1, 0.15) is 11.6 Å². The monoisotopic (exact) mass is 280 g/mol. The van der Waals surface area contributed by atoms with Crippen molar-refractivity contribution in [2.45, 2.75) is 26.2 Å². The van der Waals surface area contributed by atoms with E-state index in [2.05, 4.69) is 0 Å². The van der Waals surface area contributed by atoms with Crippen LogP contribution in [-0.4, -0.2) is 18.5 Å². The lowest BCUT2D eigenvalue weighted by Gasteiger charge is -2.26. The molecule has 20 heavy (non-hydrogen) atoms. The molecule has 0 amide bonds. The third kappa shape index (κ3) is 3.79. The van der Waals surface area contributed by atoms with Crippen LogP contribution in [0.5, 0.6) is 5.75 Å². The van der Waals surface area contributed by atoms with Gasteiger partial charge >= 0.3 is 11.9 Å². The summed E-state index contributed by atoms with van der Waals surface area (Å²) in [6.07, 6.45) is 1.55. The van der Waals surface area contributed by atoms with Crippen molar-refractivity contribution in [2.75, 3.05) is 6.61 Å². The van der Waals surface area contributed by atoms with E-state index in [-0.39, 0.29) is 36.7 Å². The summed E-state index contributed by atoms with van der Waals surface area (Å²) in [5.74, 6) is -0.783. The van der Waals surface area contributed by atoms with Crippen LogP contribution in [0.2, 0.25) is 0 Å². The topological polar surface area (TPSA) is 52.6 Å². The maximum atomic E-state index is 12.7. The van der Waals surface area contributed by atoms with Crippen LogP contribution < -0.4 is 4.74 Å². The van der Waals surface area contributed by atoms with Gasteiger partial charge < -0.3 is 9.47 Å². The highest BCUT2D eigenvalue weighted by Gasteiger charge is 2.30. The lowest BCUT2D eigenvalue weighted by molar-refractivity contribution is -0.158. The van der Waals surface area contributed by atoms with Crippen molar-refractivity contribution >= 4 is 11.9 Å². The largest absolute Gasteiger partial charge is 0.465 e. The molecular formula is C15H17FO4. The molecule has 1 fully saturated rings. The summed E-state index contributed by atoms with van der Waals surface area (Å²) >= 11 is 0. The predicted molar refractivity (Wildman–Crippen MR) is 69.5 cm³/mol. The van der Waals surface area contributed by atoms with Gasteiger partial charge in [-0.15, -0.1) is 0 Å². The van der Waals surface area contributed by atoms with Crippen LogP contribution in [0.15, 0.2) is 24.3 Å². The molecule has 1 aromatic rings. The van der Waals surface area contributed by atoms with Gasteiger partial charge in [0, 0.05) is 5.92 Å². The molecule has 2 rings (SSSR count). The molecule has 5 heteroatoms. The molecule has 0 bridgehead atoms. The number of esters is 2. The number of hydrogen-bond donors (Lipinski definition) is 0. The van der Waals surface area contributed by atoms with Gasteiger partial charge in [-0.25, -0.2) is 4.39 Å². The molecule has 0 spiro atoms. The molecule has 1 aromatic carbocycles. The molecule has 4 nitrogen and oxygen atoms in total. The molecule has 108 valence electrons. The Balaban J connectivity index is 1.85. The van der Waals surface area contributed by atoms with Crippen LogP contribution in [0.25, 0.3) is 0 Å². The van der Waals surface area contributed by atoms with E-state index in [9.17, 15) is 14.0 Å². The highest BCUT2D eigenvalue weighted by Crippen LogP contribution is 2.26. The van der Waals surface area contributed by atoms with Crippen LogP contribution in [-0.2, 0) is 14.3 Å². The maximum absolute atomic E-state index is 12.7. The minimum atomic E-state index is -0.394. The molecule has 1 aliphatic rings. The van der Waals surface area contributed by atoms with Gasteiger partial charge in [0.2, 0.25) is 0 Å². The molecule has 1 saturated heterocycles. The molecule has 0 aromatic heterocycles. The Hall–Kier alpha value is -1.91. The number of cyclic esters (lactones) is 1. The lowest BCUT2D eigenvalue weighted by atomic mass is 9.89. The predicted octanol–water partition coefficient (Wildman–Crippen LogP) is 2.71. The summed E-state index contributed by atoms with van der Waals surface area (Å²) in [7, 11) is 0. The minimum Gasteiger partial charge on any atom is -0.465 e. The molecule has 0 N–H and O–H groups in total. The molecular weight excluding hydrogens is 263 g/mol. The SMILES string of the molecule is CC[C@@H]1C[C@@H](CC(=O)Oc2ccc(F)cc2)COC1=O. The first-order valence-corrected chi connectivity index (χ1v) is 6.71. The van der Waals surface area contributed by atoms with Crippen molar-refractivity contribution < 1.29 is 23.5 Å². The lowest BCUT2D eigenvalue weighted by Crippen LogP contribution is -2.32. The number of ether oxygens (including phenoxy) is 2. The van der Waals surface area contributed by atoms with Gasteiger partial charge in [0.05, 0.1) is 18.9 Å². The van der Waals surface area contributed by atoms with Crippen molar-refractivity contribution in [1.82, 2.24) is 0 Å². The van der Waals surface area contributed by atoms with Crippen LogP contribution in [0.3, 0.4) is 0 Å². The molecule has 0 aliphatic carbocycles. The molecule has 1 heterocycles. The maximum Gasteiger partial charge on any atom is 0.311 e. The second-order valence-electron chi connectivity index (χ2n) is 4.97. The number of halogens is 1. The van der Waals surface area contributed by atoms with Crippen LogP contribution in [0.4, 0.5) is 4.39 Å². The van der Waals surface area contributed by atoms with E-state index in [1.807, 2.05) is 6.92 Å². The van der Waals surface area contributed by atoms with Gasteiger partial charge in [0.25, 0.3) is 0 Å². The fraction of sp³-hybridized carbons (Fsp3) is 0.467. The summed E-state index contributed by atoms with van der Waals surface area (Å²) in [6.45, 7) is 2.18. The molecule has 0 unspecified atom stereocenters. The third-order valence-corrected chi connectivity index (χ3v) is 3.41. The second-order valence-corrected chi connectivity index (χ2v) is 4.97. The van der Waals surface area contributed by atoms with Crippen LogP contribution >= 0.6 is 0 Å². The number of rotatable bonds is 4. The first kappa shape index (κ1) is 14.5. The summed E-state index contributed by atoms with van der Waals surface area (Å²) in [4.78, 5) is 23.2. The van der Waals surface area contributed by atoms with Gasteiger partial charge in [-0.05, 0) is 37.1 Å². The fourth-order valence-electron chi connectivity index (χ4n) is 2.27. The molecule has 0 radical (unpaired) electrons. The van der Waals surface area contributed by atoms with E-state index in [1.54, 1.807) is 0 Å². The van der Waals surface area contributed by atoms with E-state index in [0.29, 0.717) is 18.6 Å². The Morgan fingerprint density at radius 2 is 2.10 bits per heavy atom. The summed E-state index contributed by atoms with van der Waals surface area (Å²) < 4.78 is 22.9. The van der Waals surface area contributed by atoms with Gasteiger partial charge in [-0.1, -0.05) is 6.92 Å². The van der Waals surface area contributed by atoms with E-state index < -0.39 is 5.97 Å². The number of carbonyl (C=O) groups is 2. The van der Waals surface area contributed by atoms with Crippen molar-refractivity contribution in [1.29, 1.82) is 0 Å². The van der Waals surface area contributed by atoms with E-state index in [4.69, 9.17) is 9.47 Å². The minimum absolute atomic E-state index is 0.00871. The van der Waals surface area contributed by atoms with Crippen LogP contribution in [0.1, 0.15) is 26.2 Å². The zero-order chi connectivity index (χ0) is 14.5. The second kappa shape index (κ2) is 6.50.